The molecule has 0 saturated carbocycles. The van der Waals surface area contributed by atoms with Crippen LogP contribution < -0.4 is 16.0 Å². The molecule has 2 aromatic carbocycles. The quantitative estimate of drug-likeness (QED) is 0.752. The fourth-order valence-corrected chi connectivity index (χ4v) is 3.41. The third-order valence-corrected chi connectivity index (χ3v) is 4.84. The van der Waals surface area contributed by atoms with E-state index >= 15 is 0 Å². The van der Waals surface area contributed by atoms with Crippen LogP contribution in [0.2, 0.25) is 0 Å². The first kappa shape index (κ1) is 18.8. The molecule has 2 aromatic rings. The van der Waals surface area contributed by atoms with Gasteiger partial charge >= 0.3 is 12.1 Å². The van der Waals surface area contributed by atoms with Crippen molar-refractivity contribution >= 4 is 17.8 Å². The Morgan fingerprint density at radius 3 is 2.63 bits per heavy atom. The number of fused-ring (bicyclic) bond motifs is 1. The van der Waals surface area contributed by atoms with E-state index in [1.165, 1.54) is 18.2 Å². The van der Waals surface area contributed by atoms with Crippen molar-refractivity contribution in [1.82, 2.24) is 10.6 Å². The van der Waals surface area contributed by atoms with Gasteiger partial charge in [-0.3, -0.25) is 0 Å². The molecule has 0 fully saturated rings. The van der Waals surface area contributed by atoms with Crippen molar-refractivity contribution in [3.8, 4) is 0 Å². The number of ether oxygens (including phenoxy) is 1. The van der Waals surface area contributed by atoms with Gasteiger partial charge in [0.1, 0.15) is 0 Å². The minimum Gasteiger partial charge on any atom is -0.453 e. The number of nitrogens with one attached hydrogen (secondary N) is 3. The van der Waals surface area contributed by atoms with Crippen LogP contribution in [0.4, 0.5) is 15.3 Å². The molecule has 1 aliphatic rings. The summed E-state index contributed by atoms with van der Waals surface area (Å²) >= 11 is 0. The van der Waals surface area contributed by atoms with E-state index in [1.807, 2.05) is 24.3 Å². The van der Waals surface area contributed by atoms with E-state index < -0.39 is 6.09 Å². The number of hydrogen-bond donors (Lipinski definition) is 3. The van der Waals surface area contributed by atoms with Crippen LogP contribution >= 0.6 is 0 Å². The van der Waals surface area contributed by atoms with Crippen molar-refractivity contribution in [2.45, 2.75) is 31.7 Å². The topological polar surface area (TPSA) is 79.5 Å². The first-order valence-electron chi connectivity index (χ1n) is 9.19. The summed E-state index contributed by atoms with van der Waals surface area (Å²) in [5.74, 6) is 0.368. The fourth-order valence-electron chi connectivity index (χ4n) is 3.41. The van der Waals surface area contributed by atoms with Crippen LogP contribution in [0.15, 0.2) is 48.5 Å². The summed E-state index contributed by atoms with van der Waals surface area (Å²) in [6.45, 7) is 1.00. The molecule has 0 radical (unpaired) electrons. The van der Waals surface area contributed by atoms with Crippen LogP contribution in [0.3, 0.4) is 0 Å². The number of amides is 3. The first-order valence-corrected chi connectivity index (χ1v) is 9.19. The summed E-state index contributed by atoms with van der Waals surface area (Å²) in [7, 11) is 1.33. The fraction of sp³-hybridized carbons (Fsp3) is 0.333. The van der Waals surface area contributed by atoms with Crippen LogP contribution in [0.1, 0.15) is 35.4 Å². The zero-order valence-electron chi connectivity index (χ0n) is 15.5. The van der Waals surface area contributed by atoms with Gasteiger partial charge in [0.05, 0.1) is 7.11 Å². The van der Waals surface area contributed by atoms with Crippen LogP contribution in [0.25, 0.3) is 0 Å². The molecule has 142 valence electrons. The Hall–Kier alpha value is -3.02. The summed E-state index contributed by atoms with van der Waals surface area (Å²) in [6.07, 6.45) is 2.90. The Bertz CT molecular complexity index is 790. The molecule has 0 aromatic heterocycles. The number of benzene rings is 2. The number of rotatable bonds is 5. The number of hydrogen-bond acceptors (Lipinski definition) is 3. The van der Waals surface area contributed by atoms with Crippen LogP contribution in [0, 0.1) is 0 Å². The summed E-state index contributed by atoms with van der Waals surface area (Å²) in [5, 5.41) is 8.44. The molecule has 0 bridgehead atoms. The van der Waals surface area contributed by atoms with E-state index in [9.17, 15) is 9.59 Å². The largest absolute Gasteiger partial charge is 0.453 e. The standard InChI is InChI=1S/C21H25N3O3/c1-27-21(26)23-13-15-9-11-18(12-10-15)24-20(25)22-14-17-7-4-6-16-5-2-3-8-19(16)17/h2-3,5,8-12,17H,4,6-7,13-14H2,1H3,(H,23,26)(H2,22,24,25). The van der Waals surface area contributed by atoms with Gasteiger partial charge in [-0.15, -0.1) is 0 Å². The van der Waals surface area contributed by atoms with Crippen LogP contribution in [0.5, 0.6) is 0 Å². The molecule has 0 heterocycles. The Kier molecular flexibility index (Phi) is 6.30. The lowest BCUT2D eigenvalue weighted by atomic mass is 9.83. The molecule has 27 heavy (non-hydrogen) atoms. The number of urea groups is 1. The Morgan fingerprint density at radius 2 is 1.85 bits per heavy atom. The van der Waals surface area contributed by atoms with Gasteiger partial charge in [-0.05, 0) is 48.1 Å². The molecule has 3 amide bonds. The highest BCUT2D eigenvalue weighted by molar-refractivity contribution is 5.89. The summed E-state index contributed by atoms with van der Waals surface area (Å²) in [5.41, 5.74) is 4.38. The molecule has 6 heteroatoms. The maximum atomic E-state index is 12.2. The van der Waals surface area contributed by atoms with Crippen LogP contribution in [-0.4, -0.2) is 25.8 Å². The third-order valence-electron chi connectivity index (χ3n) is 4.84. The zero-order chi connectivity index (χ0) is 19.1. The van der Waals surface area contributed by atoms with E-state index in [0.717, 1.165) is 24.8 Å². The highest BCUT2D eigenvalue weighted by atomic mass is 16.5. The zero-order valence-corrected chi connectivity index (χ0v) is 15.5. The monoisotopic (exact) mass is 367 g/mol. The molecule has 0 spiro atoms. The maximum absolute atomic E-state index is 12.2. The second-order valence-corrected chi connectivity index (χ2v) is 6.67. The second kappa shape index (κ2) is 9.07. The lowest BCUT2D eigenvalue weighted by molar-refractivity contribution is 0.170. The van der Waals surface area contributed by atoms with Gasteiger partial charge < -0.3 is 20.7 Å². The van der Waals surface area contributed by atoms with Gasteiger partial charge in [0, 0.05) is 24.7 Å². The van der Waals surface area contributed by atoms with Crippen molar-refractivity contribution in [2.75, 3.05) is 19.0 Å². The summed E-state index contributed by atoms with van der Waals surface area (Å²) < 4.78 is 4.53. The molecule has 3 N–H and O–H groups in total. The van der Waals surface area contributed by atoms with E-state index in [0.29, 0.717) is 24.7 Å². The molecule has 3 rings (SSSR count). The number of anilines is 1. The molecule has 0 saturated heterocycles. The molecule has 1 unspecified atom stereocenters. The number of carbonyl (C=O) groups excluding carboxylic acids is 2. The van der Waals surface area contributed by atoms with Crippen molar-refractivity contribution in [3.63, 3.8) is 0 Å². The third kappa shape index (κ3) is 5.23. The number of carbonyl (C=O) groups is 2. The lowest BCUT2D eigenvalue weighted by Gasteiger charge is -2.25. The SMILES string of the molecule is COC(=O)NCc1ccc(NC(=O)NCC2CCCc3ccccc32)cc1. The maximum Gasteiger partial charge on any atom is 0.407 e. The van der Waals surface area contributed by atoms with Crippen molar-refractivity contribution in [1.29, 1.82) is 0 Å². The van der Waals surface area contributed by atoms with Gasteiger partial charge in [0.15, 0.2) is 0 Å². The van der Waals surface area contributed by atoms with E-state index in [-0.39, 0.29) is 6.03 Å². The normalized spacial score (nSPS) is 15.4. The van der Waals surface area contributed by atoms with Gasteiger partial charge in [-0.25, -0.2) is 9.59 Å². The smallest absolute Gasteiger partial charge is 0.407 e. The number of methoxy groups -OCH3 is 1. The molecule has 0 aliphatic heterocycles. The van der Waals surface area contributed by atoms with E-state index in [1.54, 1.807) is 0 Å². The Labute approximate surface area is 159 Å². The molecule has 1 atom stereocenters. The number of aryl methyl sites for hydroxylation is 1. The predicted octanol–water partition coefficient (Wildman–Crippen LogP) is 3.78. The lowest BCUT2D eigenvalue weighted by Crippen LogP contribution is -2.33. The van der Waals surface area contributed by atoms with Crippen molar-refractivity contribution < 1.29 is 14.3 Å². The number of alkyl carbamates (subject to hydrolysis) is 1. The van der Waals surface area contributed by atoms with E-state index in [4.69, 9.17) is 0 Å². The van der Waals surface area contributed by atoms with Crippen molar-refractivity contribution in [3.05, 3.63) is 65.2 Å². The van der Waals surface area contributed by atoms with Gasteiger partial charge in [0.25, 0.3) is 0 Å². The van der Waals surface area contributed by atoms with E-state index in [2.05, 4.69) is 45.0 Å². The molecule has 6 nitrogen and oxygen atoms in total. The predicted molar refractivity (Wildman–Crippen MR) is 105 cm³/mol. The summed E-state index contributed by atoms with van der Waals surface area (Å²) in [4.78, 5) is 23.3. The highest BCUT2D eigenvalue weighted by Gasteiger charge is 2.20. The molecule has 1 aliphatic carbocycles. The van der Waals surface area contributed by atoms with Gasteiger partial charge in [0.2, 0.25) is 0 Å². The van der Waals surface area contributed by atoms with Gasteiger partial charge in [-0.2, -0.15) is 0 Å². The molecular weight excluding hydrogens is 342 g/mol. The average Bonchev–Trinajstić information content (AvgIpc) is 2.71. The highest BCUT2D eigenvalue weighted by Crippen LogP contribution is 2.30. The molecular formula is C21H25N3O3. The minimum atomic E-state index is -0.471. The first-order chi connectivity index (χ1) is 13.2. The van der Waals surface area contributed by atoms with Crippen LogP contribution in [-0.2, 0) is 17.7 Å². The average molecular weight is 367 g/mol. The second-order valence-electron chi connectivity index (χ2n) is 6.67. The summed E-state index contributed by atoms with van der Waals surface area (Å²) in [6, 6.07) is 15.6. The van der Waals surface area contributed by atoms with Crippen molar-refractivity contribution in [2.24, 2.45) is 0 Å². The Morgan fingerprint density at radius 1 is 1.07 bits per heavy atom. The van der Waals surface area contributed by atoms with Gasteiger partial charge in [-0.1, -0.05) is 36.4 Å². The Balaban J connectivity index is 1.48. The minimum absolute atomic E-state index is 0.210.